The molecule has 1 aliphatic heterocycles. The second-order valence-electron chi connectivity index (χ2n) is 6.00. The molecule has 1 aromatic carbocycles. The van der Waals surface area contributed by atoms with E-state index in [2.05, 4.69) is 47.8 Å². The number of benzene rings is 1. The van der Waals surface area contributed by atoms with Gasteiger partial charge in [-0.3, -0.25) is 0 Å². The maximum atomic E-state index is 9.09. The molecule has 0 amide bonds. The van der Waals surface area contributed by atoms with E-state index in [1.165, 1.54) is 0 Å². The number of nitrogens with zero attached hydrogens (tertiary/aromatic N) is 6. The van der Waals surface area contributed by atoms with Gasteiger partial charge in [0.2, 0.25) is 0 Å². The quantitative estimate of drug-likeness (QED) is 0.566. The molecule has 3 heterocycles. The van der Waals surface area contributed by atoms with Crippen molar-refractivity contribution >= 4 is 27.4 Å². The summed E-state index contributed by atoms with van der Waals surface area (Å²) in [6.45, 7) is 2.66. The Morgan fingerprint density at radius 1 is 1.11 bits per heavy atom. The first kappa shape index (κ1) is 18.4. The zero-order valence-corrected chi connectivity index (χ0v) is 16.7. The van der Waals surface area contributed by atoms with Gasteiger partial charge >= 0.3 is 165 Å². The third-order valence-electron chi connectivity index (χ3n) is 4.10. The standard InChI is InChI=1S/C19H15AsN6O2/c20-18-22-11-14(12-23-18)16-9-17(28-15-3-1-2-13(8-15)10-21)25-19(24-16)26-4-6-27-7-5-26/h1-3,8-9,11-12H,4-7H2. The summed E-state index contributed by atoms with van der Waals surface area (Å²) in [5.74, 6) is 1.48. The number of hydrogen-bond acceptors (Lipinski definition) is 8. The molecule has 0 aliphatic carbocycles. The van der Waals surface area contributed by atoms with Crippen molar-refractivity contribution in [3.63, 3.8) is 0 Å². The summed E-state index contributed by atoms with van der Waals surface area (Å²) in [5, 5.41) is 9.09. The molecule has 3 aromatic rings. The van der Waals surface area contributed by atoms with E-state index >= 15 is 0 Å². The van der Waals surface area contributed by atoms with Crippen molar-refractivity contribution in [1.29, 1.82) is 5.26 Å². The Hall–Kier alpha value is -3.01. The van der Waals surface area contributed by atoms with Crippen LogP contribution in [0.2, 0.25) is 0 Å². The van der Waals surface area contributed by atoms with Gasteiger partial charge in [0.25, 0.3) is 0 Å². The van der Waals surface area contributed by atoms with Crippen molar-refractivity contribution in [1.82, 2.24) is 19.9 Å². The Morgan fingerprint density at radius 2 is 1.89 bits per heavy atom. The Bertz CT molecular complexity index is 1020. The number of ether oxygens (including phenoxy) is 2. The molecular formula is C19H15AsN6O2. The minimum absolute atomic E-state index is 0.387. The normalized spacial score (nSPS) is 13.8. The van der Waals surface area contributed by atoms with Crippen molar-refractivity contribution in [3.8, 4) is 29.0 Å². The maximum absolute atomic E-state index is 9.09. The van der Waals surface area contributed by atoms with E-state index in [0.717, 1.165) is 5.56 Å². The van der Waals surface area contributed by atoms with Crippen LogP contribution in [-0.2, 0) is 4.74 Å². The molecule has 1 aliphatic rings. The van der Waals surface area contributed by atoms with Gasteiger partial charge in [-0.25, -0.2) is 0 Å². The number of anilines is 1. The Kier molecular flexibility index (Phi) is 5.47. The molecule has 0 bridgehead atoms. The Morgan fingerprint density at radius 3 is 2.64 bits per heavy atom. The summed E-state index contributed by atoms with van der Waals surface area (Å²) in [7, 11) is 0. The second kappa shape index (κ2) is 8.34. The average Bonchev–Trinajstić information content (AvgIpc) is 2.75. The van der Waals surface area contributed by atoms with Gasteiger partial charge in [-0.1, -0.05) is 0 Å². The van der Waals surface area contributed by atoms with Crippen LogP contribution in [0.15, 0.2) is 42.7 Å². The van der Waals surface area contributed by atoms with Gasteiger partial charge in [0.15, 0.2) is 0 Å². The van der Waals surface area contributed by atoms with Crippen LogP contribution in [0.1, 0.15) is 5.56 Å². The van der Waals surface area contributed by atoms with Crippen molar-refractivity contribution in [2.45, 2.75) is 0 Å². The van der Waals surface area contributed by atoms with Crippen LogP contribution in [0, 0.1) is 11.3 Å². The van der Waals surface area contributed by atoms with Gasteiger partial charge < -0.3 is 0 Å². The molecule has 1 saturated heterocycles. The van der Waals surface area contributed by atoms with Gasteiger partial charge in [-0.05, 0) is 0 Å². The van der Waals surface area contributed by atoms with Crippen molar-refractivity contribution in [2.75, 3.05) is 31.2 Å². The first-order valence-electron chi connectivity index (χ1n) is 8.62. The number of aromatic nitrogens is 4. The van der Waals surface area contributed by atoms with E-state index in [9.17, 15) is 0 Å². The van der Waals surface area contributed by atoms with Crippen LogP contribution in [0.3, 0.4) is 0 Å². The molecule has 8 nitrogen and oxygen atoms in total. The summed E-state index contributed by atoms with van der Waals surface area (Å²) in [4.78, 5) is 19.7. The summed E-state index contributed by atoms with van der Waals surface area (Å²) in [5.41, 5.74) is 1.95. The molecule has 0 atom stereocenters. The molecule has 0 N–H and O–H groups in total. The fourth-order valence-electron chi connectivity index (χ4n) is 2.72. The number of nitriles is 1. The molecule has 138 valence electrons. The molecule has 0 saturated carbocycles. The number of morpholine rings is 1. The molecule has 4 rings (SSSR count). The van der Waals surface area contributed by atoms with Gasteiger partial charge in [0.1, 0.15) is 0 Å². The zero-order chi connectivity index (χ0) is 19.3. The molecule has 9 heteroatoms. The fourth-order valence-corrected chi connectivity index (χ4v) is 2.96. The average molecular weight is 434 g/mol. The number of hydrogen-bond donors (Lipinski definition) is 0. The topological polar surface area (TPSA) is 97.0 Å². The van der Waals surface area contributed by atoms with Gasteiger partial charge in [0, 0.05) is 0 Å². The van der Waals surface area contributed by atoms with E-state index in [-0.39, 0.29) is 0 Å². The van der Waals surface area contributed by atoms with E-state index < -0.39 is 0 Å². The SMILES string of the molecule is N#Cc1cccc(Oc2cc(-c3cnc([As])nc3)nc(N3CCOCC3)n2)c1. The molecule has 0 spiro atoms. The molecule has 2 radical (unpaired) electrons. The second-order valence-corrected chi connectivity index (χ2v) is 6.84. The van der Waals surface area contributed by atoms with E-state index in [1.54, 1.807) is 42.7 Å². The van der Waals surface area contributed by atoms with Crippen LogP contribution in [0.4, 0.5) is 5.95 Å². The van der Waals surface area contributed by atoms with Crippen LogP contribution >= 0.6 is 0 Å². The van der Waals surface area contributed by atoms with Gasteiger partial charge in [0.05, 0.1) is 0 Å². The van der Waals surface area contributed by atoms with Crippen LogP contribution < -0.4 is 14.2 Å². The molecule has 0 unspecified atom stereocenters. The summed E-state index contributed by atoms with van der Waals surface area (Å²) in [6, 6.07) is 10.8. The van der Waals surface area contributed by atoms with Gasteiger partial charge in [-0.15, -0.1) is 0 Å². The first-order valence-corrected chi connectivity index (χ1v) is 9.56. The summed E-state index contributed by atoms with van der Waals surface area (Å²) < 4.78 is 12.0. The molecular weight excluding hydrogens is 419 g/mol. The Balaban J connectivity index is 1.72. The van der Waals surface area contributed by atoms with Crippen LogP contribution in [0.25, 0.3) is 11.3 Å². The van der Waals surface area contributed by atoms with Crippen molar-refractivity contribution in [2.24, 2.45) is 0 Å². The van der Waals surface area contributed by atoms with Crippen molar-refractivity contribution in [3.05, 3.63) is 48.3 Å². The minimum atomic E-state index is 0.387. The number of rotatable bonds is 4. The van der Waals surface area contributed by atoms with Crippen molar-refractivity contribution < 1.29 is 9.47 Å². The molecule has 28 heavy (non-hydrogen) atoms. The molecule has 2 aromatic heterocycles. The predicted octanol–water partition coefficient (Wildman–Crippen LogP) is 1.23. The third kappa shape index (κ3) is 4.28. The third-order valence-corrected chi connectivity index (χ3v) is 4.59. The van der Waals surface area contributed by atoms with Crippen LogP contribution in [-0.4, -0.2) is 63.1 Å². The predicted molar refractivity (Wildman–Crippen MR) is 103 cm³/mol. The van der Waals surface area contributed by atoms with Crippen LogP contribution in [0.5, 0.6) is 11.6 Å². The summed E-state index contributed by atoms with van der Waals surface area (Å²) in [6.07, 6.45) is 3.43. The first-order chi connectivity index (χ1) is 13.7. The van der Waals surface area contributed by atoms with Gasteiger partial charge in [-0.2, -0.15) is 5.26 Å². The summed E-state index contributed by atoms with van der Waals surface area (Å²) >= 11 is 2.30. The van der Waals surface area contributed by atoms with E-state index in [1.807, 2.05) is 0 Å². The van der Waals surface area contributed by atoms with E-state index in [0.29, 0.717) is 59.8 Å². The van der Waals surface area contributed by atoms with E-state index in [4.69, 9.17) is 14.7 Å². The zero-order valence-electron chi connectivity index (χ0n) is 14.8. The molecule has 1 fully saturated rings. The monoisotopic (exact) mass is 434 g/mol. The fraction of sp³-hybridized carbons (Fsp3) is 0.211. The Labute approximate surface area is 170 Å².